The van der Waals surface area contributed by atoms with Crippen molar-refractivity contribution in [3.8, 4) is 0 Å². The van der Waals surface area contributed by atoms with Crippen LogP contribution in [0.5, 0.6) is 0 Å². The van der Waals surface area contributed by atoms with Crippen molar-refractivity contribution < 1.29 is 22.7 Å². The predicted octanol–water partition coefficient (Wildman–Crippen LogP) is 4.48. The molecule has 1 atom stereocenters. The average molecular weight is 404 g/mol. The third-order valence-electron chi connectivity index (χ3n) is 5.54. The molecule has 29 heavy (non-hydrogen) atoms. The number of benzene rings is 2. The summed E-state index contributed by atoms with van der Waals surface area (Å²) in [6.07, 6.45) is -3.53. The van der Waals surface area contributed by atoms with E-state index in [9.17, 15) is 18.0 Å². The van der Waals surface area contributed by atoms with Crippen LogP contribution in [0.2, 0.25) is 0 Å². The largest absolute Gasteiger partial charge is 0.416 e. The average Bonchev–Trinajstić information content (AvgIpc) is 2.87. The van der Waals surface area contributed by atoms with Gasteiger partial charge in [0.25, 0.3) is 5.91 Å². The number of anilines is 1. The van der Waals surface area contributed by atoms with Crippen LogP contribution in [0.15, 0.2) is 42.5 Å². The molecule has 0 spiro atoms. The maximum Gasteiger partial charge on any atom is 0.416 e. The first kappa shape index (κ1) is 19.9. The maximum atomic E-state index is 13.8. The minimum absolute atomic E-state index is 0.0583. The SMILES string of the molecule is CC1CCN(Cc2cc3c(c(C(F)(F)F)c2)CN(c2ccccc2)C3=O)CCO1. The van der Waals surface area contributed by atoms with Gasteiger partial charge < -0.3 is 9.64 Å². The van der Waals surface area contributed by atoms with Gasteiger partial charge in [0.2, 0.25) is 0 Å². The summed E-state index contributed by atoms with van der Waals surface area (Å²) in [7, 11) is 0. The van der Waals surface area contributed by atoms with Crippen LogP contribution < -0.4 is 4.90 Å². The van der Waals surface area contributed by atoms with E-state index < -0.39 is 11.7 Å². The topological polar surface area (TPSA) is 32.8 Å². The number of hydrogen-bond donors (Lipinski definition) is 0. The zero-order valence-corrected chi connectivity index (χ0v) is 16.2. The van der Waals surface area contributed by atoms with E-state index in [4.69, 9.17) is 4.74 Å². The lowest BCUT2D eigenvalue weighted by atomic mass is 9.98. The zero-order valence-electron chi connectivity index (χ0n) is 16.2. The third kappa shape index (κ3) is 4.16. The van der Waals surface area contributed by atoms with Crippen LogP contribution in [0.3, 0.4) is 0 Å². The normalized spacial score (nSPS) is 20.6. The van der Waals surface area contributed by atoms with E-state index in [2.05, 4.69) is 4.90 Å². The first-order valence-corrected chi connectivity index (χ1v) is 9.77. The lowest BCUT2D eigenvalue weighted by Gasteiger charge is -2.21. The number of nitrogens with zero attached hydrogens (tertiary/aromatic N) is 2. The first-order valence-electron chi connectivity index (χ1n) is 9.77. The van der Waals surface area contributed by atoms with Crippen molar-refractivity contribution in [3.63, 3.8) is 0 Å². The first-order chi connectivity index (χ1) is 13.8. The van der Waals surface area contributed by atoms with Gasteiger partial charge in [-0.2, -0.15) is 13.2 Å². The monoisotopic (exact) mass is 404 g/mol. The van der Waals surface area contributed by atoms with Crippen LogP contribution in [0, 0.1) is 0 Å². The van der Waals surface area contributed by atoms with E-state index in [0.717, 1.165) is 13.0 Å². The molecule has 2 heterocycles. The predicted molar refractivity (Wildman–Crippen MR) is 104 cm³/mol. The number of rotatable bonds is 3. The number of halogens is 3. The fourth-order valence-corrected chi connectivity index (χ4v) is 3.99. The maximum absolute atomic E-state index is 13.8. The molecule has 0 N–H and O–H groups in total. The standard InChI is InChI=1S/C22H23F3N2O2/c1-15-7-8-26(9-10-29-15)13-16-11-18-19(20(12-16)22(23,24)25)14-27(21(18)28)17-5-3-2-4-6-17/h2-6,11-12,15H,7-10,13-14H2,1H3. The molecular formula is C22H23F3N2O2. The van der Waals surface area contributed by atoms with Gasteiger partial charge in [0.15, 0.2) is 0 Å². The molecule has 1 saturated heterocycles. The molecule has 1 amide bonds. The minimum Gasteiger partial charge on any atom is -0.377 e. The minimum atomic E-state index is -4.51. The van der Waals surface area contributed by atoms with Crippen molar-refractivity contribution in [1.82, 2.24) is 4.90 Å². The second-order valence-electron chi connectivity index (χ2n) is 7.64. The molecule has 2 aromatic carbocycles. The van der Waals surface area contributed by atoms with Gasteiger partial charge >= 0.3 is 6.18 Å². The number of para-hydroxylation sites is 1. The van der Waals surface area contributed by atoms with Crippen LogP contribution in [-0.2, 0) is 24.0 Å². The van der Waals surface area contributed by atoms with E-state index in [-0.39, 0.29) is 29.7 Å². The molecular weight excluding hydrogens is 381 g/mol. The van der Waals surface area contributed by atoms with Gasteiger partial charge in [-0.15, -0.1) is 0 Å². The summed E-state index contributed by atoms with van der Waals surface area (Å²) in [5.41, 5.74) is 0.605. The Morgan fingerprint density at radius 1 is 1.14 bits per heavy atom. The van der Waals surface area contributed by atoms with Gasteiger partial charge in [-0.3, -0.25) is 9.69 Å². The number of amides is 1. The van der Waals surface area contributed by atoms with Crippen molar-refractivity contribution in [3.05, 3.63) is 64.7 Å². The van der Waals surface area contributed by atoms with E-state index in [1.165, 1.54) is 11.0 Å². The quantitative estimate of drug-likeness (QED) is 0.757. The molecule has 7 heteroatoms. The fourth-order valence-electron chi connectivity index (χ4n) is 3.99. The second-order valence-corrected chi connectivity index (χ2v) is 7.64. The number of fused-ring (bicyclic) bond motifs is 1. The Balaban J connectivity index is 1.67. The van der Waals surface area contributed by atoms with Crippen molar-refractivity contribution in [1.29, 1.82) is 0 Å². The van der Waals surface area contributed by atoms with Gasteiger partial charge in [-0.25, -0.2) is 0 Å². The lowest BCUT2D eigenvalue weighted by molar-refractivity contribution is -0.138. The number of alkyl halides is 3. The zero-order chi connectivity index (χ0) is 20.6. The Labute approximate surface area is 167 Å². The molecule has 0 bridgehead atoms. The highest BCUT2D eigenvalue weighted by Gasteiger charge is 2.40. The molecule has 2 aliphatic heterocycles. The van der Waals surface area contributed by atoms with Crippen LogP contribution in [0.25, 0.3) is 0 Å². The van der Waals surface area contributed by atoms with Crippen LogP contribution in [0.1, 0.15) is 40.4 Å². The number of carbonyl (C=O) groups excluding carboxylic acids is 1. The van der Waals surface area contributed by atoms with Crippen molar-refractivity contribution >= 4 is 11.6 Å². The van der Waals surface area contributed by atoms with Crippen molar-refractivity contribution in [2.45, 2.75) is 38.7 Å². The molecule has 0 saturated carbocycles. The van der Waals surface area contributed by atoms with E-state index in [0.29, 0.717) is 30.9 Å². The molecule has 1 fully saturated rings. The molecule has 4 rings (SSSR count). The van der Waals surface area contributed by atoms with Gasteiger partial charge in [0.05, 0.1) is 24.8 Å². The Bertz CT molecular complexity index is 899. The molecule has 0 radical (unpaired) electrons. The van der Waals surface area contributed by atoms with Gasteiger partial charge in [0.1, 0.15) is 0 Å². The van der Waals surface area contributed by atoms with Crippen molar-refractivity contribution in [2.24, 2.45) is 0 Å². The third-order valence-corrected chi connectivity index (χ3v) is 5.54. The Morgan fingerprint density at radius 2 is 1.90 bits per heavy atom. The second kappa shape index (κ2) is 7.80. The summed E-state index contributed by atoms with van der Waals surface area (Å²) in [6, 6.07) is 11.6. The molecule has 0 aromatic heterocycles. The summed E-state index contributed by atoms with van der Waals surface area (Å²) in [6.45, 7) is 4.26. The summed E-state index contributed by atoms with van der Waals surface area (Å²) >= 11 is 0. The molecule has 0 aliphatic carbocycles. The van der Waals surface area contributed by atoms with Gasteiger partial charge in [-0.05, 0) is 48.7 Å². The molecule has 1 unspecified atom stereocenters. The van der Waals surface area contributed by atoms with Crippen LogP contribution in [-0.4, -0.2) is 36.6 Å². The van der Waals surface area contributed by atoms with Crippen LogP contribution in [0.4, 0.5) is 18.9 Å². The molecule has 154 valence electrons. The van der Waals surface area contributed by atoms with Crippen molar-refractivity contribution in [2.75, 3.05) is 24.6 Å². The smallest absolute Gasteiger partial charge is 0.377 e. The van der Waals surface area contributed by atoms with Gasteiger partial charge in [0, 0.05) is 30.9 Å². The Morgan fingerprint density at radius 3 is 2.62 bits per heavy atom. The summed E-state index contributed by atoms with van der Waals surface area (Å²) in [5.74, 6) is -0.383. The van der Waals surface area contributed by atoms with E-state index in [1.807, 2.05) is 13.0 Å². The highest BCUT2D eigenvalue weighted by atomic mass is 19.4. The van der Waals surface area contributed by atoms with Gasteiger partial charge in [-0.1, -0.05) is 18.2 Å². The molecule has 2 aromatic rings. The fraction of sp³-hybridized carbons (Fsp3) is 0.409. The number of hydrogen-bond acceptors (Lipinski definition) is 3. The highest BCUT2D eigenvalue weighted by Crippen LogP contribution is 2.39. The lowest BCUT2D eigenvalue weighted by Crippen LogP contribution is -2.26. The molecule has 4 nitrogen and oxygen atoms in total. The van der Waals surface area contributed by atoms with E-state index in [1.54, 1.807) is 30.3 Å². The Hall–Kier alpha value is -2.38. The molecule has 2 aliphatic rings. The summed E-state index contributed by atoms with van der Waals surface area (Å²) in [5, 5.41) is 0. The summed E-state index contributed by atoms with van der Waals surface area (Å²) < 4.78 is 47.1. The number of carbonyl (C=O) groups is 1. The Kier molecular flexibility index (Phi) is 5.36. The van der Waals surface area contributed by atoms with Crippen LogP contribution >= 0.6 is 0 Å². The highest BCUT2D eigenvalue weighted by molar-refractivity contribution is 6.10. The van der Waals surface area contributed by atoms with E-state index >= 15 is 0 Å². The number of ether oxygens (including phenoxy) is 1. The summed E-state index contributed by atoms with van der Waals surface area (Å²) in [4.78, 5) is 16.4.